The zero-order chi connectivity index (χ0) is 22.4. The molecular formula is C25H27N3O3. The Kier molecular flexibility index (Phi) is 6.60. The average molecular weight is 418 g/mol. The predicted octanol–water partition coefficient (Wildman–Crippen LogP) is 5.78. The number of ether oxygens (including phenoxy) is 1. The first kappa shape index (κ1) is 21.9. The molecule has 160 valence electrons. The van der Waals surface area contributed by atoms with E-state index in [9.17, 15) is 9.59 Å². The molecule has 3 N–H and O–H groups in total. The molecule has 3 aromatic carbocycles. The normalized spacial score (nSPS) is 10.8. The lowest BCUT2D eigenvalue weighted by Crippen LogP contribution is -2.20. The molecule has 0 saturated heterocycles. The molecular weight excluding hydrogens is 390 g/mol. The molecule has 0 spiro atoms. The van der Waals surface area contributed by atoms with Gasteiger partial charge >= 0.3 is 6.03 Å². The van der Waals surface area contributed by atoms with Crippen molar-refractivity contribution in [3.63, 3.8) is 0 Å². The highest BCUT2D eigenvalue weighted by Crippen LogP contribution is 2.26. The standard InChI is InChI=1S/C25H27N3O3/c1-25(2,3)18-8-6-9-20(16-18)28-24(30)27-19-11-13-21(14-12-19)31-22-10-5-7-17(15-22)23(29)26-4/h5-16H,1-4H3,(H,26,29)(H2,27,28,30). The van der Waals surface area contributed by atoms with Crippen LogP contribution in [0, 0.1) is 0 Å². The Morgan fingerprint density at radius 3 is 2.13 bits per heavy atom. The van der Waals surface area contributed by atoms with E-state index < -0.39 is 0 Å². The fourth-order valence-corrected chi connectivity index (χ4v) is 2.94. The summed E-state index contributed by atoms with van der Waals surface area (Å²) in [4.78, 5) is 24.1. The summed E-state index contributed by atoms with van der Waals surface area (Å²) in [5, 5.41) is 8.26. The van der Waals surface area contributed by atoms with E-state index in [0.29, 0.717) is 22.7 Å². The lowest BCUT2D eigenvalue weighted by Gasteiger charge is -2.20. The summed E-state index contributed by atoms with van der Waals surface area (Å²) in [5.41, 5.74) is 3.04. The van der Waals surface area contributed by atoms with Crippen molar-refractivity contribution in [3.05, 3.63) is 83.9 Å². The Labute approximate surface area is 182 Å². The third-order valence-corrected chi connectivity index (χ3v) is 4.66. The van der Waals surface area contributed by atoms with Gasteiger partial charge in [0.15, 0.2) is 0 Å². The highest BCUT2D eigenvalue weighted by Gasteiger charge is 2.14. The smallest absolute Gasteiger partial charge is 0.323 e. The summed E-state index contributed by atoms with van der Waals surface area (Å²) in [7, 11) is 1.58. The summed E-state index contributed by atoms with van der Waals surface area (Å²) in [5.74, 6) is 0.972. The number of rotatable bonds is 5. The van der Waals surface area contributed by atoms with Crippen LogP contribution < -0.4 is 20.7 Å². The molecule has 0 aromatic heterocycles. The zero-order valence-corrected chi connectivity index (χ0v) is 18.2. The second-order valence-corrected chi connectivity index (χ2v) is 8.14. The Balaban J connectivity index is 1.61. The van der Waals surface area contributed by atoms with E-state index in [2.05, 4.69) is 36.7 Å². The van der Waals surface area contributed by atoms with Crippen LogP contribution in [0.2, 0.25) is 0 Å². The largest absolute Gasteiger partial charge is 0.457 e. The number of amides is 3. The molecule has 3 aromatic rings. The van der Waals surface area contributed by atoms with E-state index in [0.717, 1.165) is 11.3 Å². The maximum atomic E-state index is 12.4. The van der Waals surface area contributed by atoms with Crippen LogP contribution in [0.15, 0.2) is 72.8 Å². The van der Waals surface area contributed by atoms with Gasteiger partial charge in [-0.05, 0) is 65.6 Å². The molecule has 0 atom stereocenters. The highest BCUT2D eigenvalue weighted by atomic mass is 16.5. The third-order valence-electron chi connectivity index (χ3n) is 4.66. The molecule has 0 aliphatic carbocycles. The topological polar surface area (TPSA) is 79.5 Å². The van der Waals surface area contributed by atoms with E-state index in [1.54, 1.807) is 55.6 Å². The van der Waals surface area contributed by atoms with Crippen molar-refractivity contribution in [3.8, 4) is 11.5 Å². The molecule has 0 aliphatic rings. The third kappa shape index (κ3) is 6.09. The Morgan fingerprint density at radius 1 is 0.774 bits per heavy atom. The molecule has 3 amide bonds. The summed E-state index contributed by atoms with van der Waals surface area (Å²) >= 11 is 0. The van der Waals surface area contributed by atoms with Gasteiger partial charge in [-0.15, -0.1) is 0 Å². The average Bonchev–Trinajstić information content (AvgIpc) is 2.74. The summed E-state index contributed by atoms with van der Waals surface area (Å²) in [6.45, 7) is 6.39. The van der Waals surface area contributed by atoms with E-state index >= 15 is 0 Å². The van der Waals surface area contributed by atoms with Crippen LogP contribution in [-0.2, 0) is 5.41 Å². The number of benzene rings is 3. The van der Waals surface area contributed by atoms with Gasteiger partial charge in [0.2, 0.25) is 0 Å². The Morgan fingerprint density at radius 2 is 1.45 bits per heavy atom. The van der Waals surface area contributed by atoms with Crippen LogP contribution in [0.1, 0.15) is 36.7 Å². The molecule has 31 heavy (non-hydrogen) atoms. The minimum absolute atomic E-state index is 0.00382. The van der Waals surface area contributed by atoms with Crippen LogP contribution in [-0.4, -0.2) is 19.0 Å². The van der Waals surface area contributed by atoms with Gasteiger partial charge in [0, 0.05) is 24.0 Å². The lowest BCUT2D eigenvalue weighted by atomic mass is 9.87. The Bertz CT molecular complexity index is 1070. The molecule has 6 heteroatoms. The van der Waals surface area contributed by atoms with Gasteiger partial charge in [-0.1, -0.05) is 39.0 Å². The second kappa shape index (κ2) is 9.34. The van der Waals surface area contributed by atoms with Crippen LogP contribution >= 0.6 is 0 Å². The van der Waals surface area contributed by atoms with Gasteiger partial charge in [-0.25, -0.2) is 4.79 Å². The van der Waals surface area contributed by atoms with Crippen LogP contribution in [0.4, 0.5) is 16.2 Å². The van der Waals surface area contributed by atoms with Crippen LogP contribution in [0.3, 0.4) is 0 Å². The SMILES string of the molecule is CNC(=O)c1cccc(Oc2ccc(NC(=O)Nc3cccc(C(C)(C)C)c3)cc2)c1. The van der Waals surface area contributed by atoms with E-state index in [1.165, 1.54) is 0 Å². The van der Waals surface area contributed by atoms with Crippen molar-refractivity contribution >= 4 is 23.3 Å². The summed E-state index contributed by atoms with van der Waals surface area (Å²) < 4.78 is 5.81. The van der Waals surface area contributed by atoms with E-state index in [-0.39, 0.29) is 17.4 Å². The van der Waals surface area contributed by atoms with Crippen molar-refractivity contribution in [2.75, 3.05) is 17.7 Å². The quantitative estimate of drug-likeness (QED) is 0.492. The van der Waals surface area contributed by atoms with Gasteiger partial charge < -0.3 is 20.7 Å². The van der Waals surface area contributed by atoms with Gasteiger partial charge in [0.05, 0.1) is 0 Å². The molecule has 0 saturated carbocycles. The first-order valence-electron chi connectivity index (χ1n) is 10.0. The first-order chi connectivity index (χ1) is 14.7. The number of carbonyl (C=O) groups excluding carboxylic acids is 2. The maximum absolute atomic E-state index is 12.4. The highest BCUT2D eigenvalue weighted by molar-refractivity contribution is 5.99. The molecule has 6 nitrogen and oxygen atoms in total. The molecule has 0 heterocycles. The van der Waals surface area contributed by atoms with E-state index in [4.69, 9.17) is 4.74 Å². The van der Waals surface area contributed by atoms with Crippen LogP contribution in [0.25, 0.3) is 0 Å². The van der Waals surface area contributed by atoms with Crippen molar-refractivity contribution in [1.82, 2.24) is 5.32 Å². The fraction of sp³-hybridized carbons (Fsp3) is 0.200. The van der Waals surface area contributed by atoms with Crippen molar-refractivity contribution in [2.24, 2.45) is 0 Å². The molecule has 0 aliphatic heterocycles. The lowest BCUT2D eigenvalue weighted by molar-refractivity contribution is 0.0962. The fourth-order valence-electron chi connectivity index (χ4n) is 2.94. The van der Waals surface area contributed by atoms with Gasteiger partial charge in [0.1, 0.15) is 11.5 Å². The van der Waals surface area contributed by atoms with E-state index in [1.807, 2.05) is 24.3 Å². The van der Waals surface area contributed by atoms with Gasteiger partial charge in [-0.3, -0.25) is 4.79 Å². The monoisotopic (exact) mass is 417 g/mol. The number of carbonyl (C=O) groups is 2. The number of anilines is 2. The second-order valence-electron chi connectivity index (χ2n) is 8.14. The molecule has 0 bridgehead atoms. The maximum Gasteiger partial charge on any atom is 0.323 e. The van der Waals surface area contributed by atoms with Crippen LogP contribution in [0.5, 0.6) is 11.5 Å². The minimum Gasteiger partial charge on any atom is -0.457 e. The number of hydrogen-bond acceptors (Lipinski definition) is 3. The molecule has 3 rings (SSSR count). The summed E-state index contributed by atoms with van der Waals surface area (Å²) in [6.07, 6.45) is 0. The van der Waals surface area contributed by atoms with Crippen molar-refractivity contribution in [2.45, 2.75) is 26.2 Å². The zero-order valence-electron chi connectivity index (χ0n) is 18.2. The minimum atomic E-state index is -0.321. The number of nitrogens with one attached hydrogen (secondary N) is 3. The molecule has 0 unspecified atom stereocenters. The van der Waals surface area contributed by atoms with Gasteiger partial charge in [-0.2, -0.15) is 0 Å². The molecule has 0 radical (unpaired) electrons. The summed E-state index contributed by atoms with van der Waals surface area (Å²) in [6, 6.07) is 21.4. The van der Waals surface area contributed by atoms with Gasteiger partial charge in [0.25, 0.3) is 5.91 Å². The Hall–Kier alpha value is -3.80. The van der Waals surface area contributed by atoms with Crippen molar-refractivity contribution < 1.29 is 14.3 Å². The molecule has 0 fully saturated rings. The van der Waals surface area contributed by atoms with Crippen molar-refractivity contribution in [1.29, 1.82) is 0 Å². The number of hydrogen-bond donors (Lipinski definition) is 3. The number of urea groups is 1. The predicted molar refractivity (Wildman–Crippen MR) is 124 cm³/mol. The first-order valence-corrected chi connectivity index (χ1v) is 10.0.